The second-order valence-corrected chi connectivity index (χ2v) is 3.57. The average molecular weight is 229 g/mol. The first-order chi connectivity index (χ1) is 8.16. The van der Waals surface area contributed by atoms with Gasteiger partial charge in [-0.15, -0.1) is 0 Å². The van der Waals surface area contributed by atoms with Crippen molar-refractivity contribution in [1.29, 1.82) is 0 Å². The maximum atomic E-state index is 11.7. The molecule has 5 nitrogen and oxygen atoms in total. The van der Waals surface area contributed by atoms with Crippen molar-refractivity contribution < 1.29 is 9.59 Å². The molecule has 0 saturated carbocycles. The van der Waals surface area contributed by atoms with Gasteiger partial charge in [0.25, 0.3) is 5.91 Å². The Hall–Kier alpha value is -2.43. The summed E-state index contributed by atoms with van der Waals surface area (Å²) in [7, 11) is 0. The zero-order valence-electron chi connectivity index (χ0n) is 9.23. The van der Waals surface area contributed by atoms with E-state index in [1.54, 1.807) is 24.3 Å². The second-order valence-electron chi connectivity index (χ2n) is 3.57. The molecule has 86 valence electrons. The highest BCUT2D eigenvalue weighted by Crippen LogP contribution is 2.11. The van der Waals surface area contributed by atoms with Gasteiger partial charge in [-0.05, 0) is 31.2 Å². The number of aromatic amines is 1. The van der Waals surface area contributed by atoms with Crippen LogP contribution >= 0.6 is 0 Å². The molecule has 0 unspecified atom stereocenters. The lowest BCUT2D eigenvalue weighted by Crippen LogP contribution is -2.10. The summed E-state index contributed by atoms with van der Waals surface area (Å²) in [5, 5.41) is 8.96. The Morgan fingerprint density at radius 1 is 1.18 bits per heavy atom. The Morgan fingerprint density at radius 2 is 1.88 bits per heavy atom. The van der Waals surface area contributed by atoms with E-state index in [-0.39, 0.29) is 11.7 Å². The second kappa shape index (κ2) is 4.61. The number of nitrogens with one attached hydrogen (secondary N) is 2. The SMILES string of the molecule is CC(=O)c1ccc(NC(=O)c2cn[nH]c2)cc1. The van der Waals surface area contributed by atoms with E-state index in [2.05, 4.69) is 15.5 Å². The van der Waals surface area contributed by atoms with Gasteiger partial charge in [0.2, 0.25) is 0 Å². The van der Waals surface area contributed by atoms with Crippen molar-refractivity contribution in [3.63, 3.8) is 0 Å². The maximum absolute atomic E-state index is 11.7. The number of H-pyrrole nitrogens is 1. The molecule has 2 rings (SSSR count). The highest BCUT2D eigenvalue weighted by Gasteiger charge is 2.07. The van der Waals surface area contributed by atoms with Crippen LogP contribution in [0.1, 0.15) is 27.6 Å². The Kier molecular flexibility index (Phi) is 3.00. The van der Waals surface area contributed by atoms with Crippen LogP contribution in [0.2, 0.25) is 0 Å². The molecule has 1 amide bonds. The maximum Gasteiger partial charge on any atom is 0.258 e. The van der Waals surface area contributed by atoms with Crippen molar-refractivity contribution in [3.8, 4) is 0 Å². The van der Waals surface area contributed by atoms with E-state index < -0.39 is 0 Å². The van der Waals surface area contributed by atoms with E-state index in [1.807, 2.05) is 0 Å². The molecule has 2 aromatic rings. The number of anilines is 1. The lowest BCUT2D eigenvalue weighted by molar-refractivity contribution is 0.101. The monoisotopic (exact) mass is 229 g/mol. The number of hydrogen-bond acceptors (Lipinski definition) is 3. The molecule has 0 atom stereocenters. The number of nitrogens with zero attached hydrogens (tertiary/aromatic N) is 1. The van der Waals surface area contributed by atoms with Crippen molar-refractivity contribution in [1.82, 2.24) is 10.2 Å². The molecule has 1 heterocycles. The van der Waals surface area contributed by atoms with Crippen molar-refractivity contribution in [2.75, 3.05) is 5.32 Å². The van der Waals surface area contributed by atoms with Crippen LogP contribution < -0.4 is 5.32 Å². The largest absolute Gasteiger partial charge is 0.322 e. The van der Waals surface area contributed by atoms with E-state index in [1.165, 1.54) is 19.3 Å². The summed E-state index contributed by atoms with van der Waals surface area (Å²) in [5.41, 5.74) is 1.72. The third kappa shape index (κ3) is 2.57. The van der Waals surface area contributed by atoms with E-state index in [0.29, 0.717) is 16.8 Å². The number of aromatic nitrogens is 2. The third-order valence-electron chi connectivity index (χ3n) is 2.31. The fraction of sp³-hybridized carbons (Fsp3) is 0.0833. The van der Waals surface area contributed by atoms with Crippen LogP contribution in [-0.2, 0) is 0 Å². The van der Waals surface area contributed by atoms with Crippen LogP contribution in [0.25, 0.3) is 0 Å². The van der Waals surface area contributed by atoms with Crippen molar-refractivity contribution in [2.24, 2.45) is 0 Å². The fourth-order valence-electron chi connectivity index (χ4n) is 1.37. The zero-order valence-corrected chi connectivity index (χ0v) is 9.23. The van der Waals surface area contributed by atoms with E-state index in [9.17, 15) is 9.59 Å². The lowest BCUT2D eigenvalue weighted by atomic mass is 10.1. The summed E-state index contributed by atoms with van der Waals surface area (Å²) in [6.45, 7) is 1.50. The van der Waals surface area contributed by atoms with Gasteiger partial charge in [0.15, 0.2) is 5.78 Å². The van der Waals surface area contributed by atoms with Gasteiger partial charge >= 0.3 is 0 Å². The topological polar surface area (TPSA) is 74.8 Å². The van der Waals surface area contributed by atoms with Gasteiger partial charge in [0.1, 0.15) is 0 Å². The van der Waals surface area contributed by atoms with Gasteiger partial charge in [-0.3, -0.25) is 14.7 Å². The summed E-state index contributed by atoms with van der Waals surface area (Å²) in [6.07, 6.45) is 2.96. The minimum Gasteiger partial charge on any atom is -0.322 e. The fourth-order valence-corrected chi connectivity index (χ4v) is 1.37. The van der Waals surface area contributed by atoms with Gasteiger partial charge in [0.05, 0.1) is 11.8 Å². The van der Waals surface area contributed by atoms with E-state index in [0.717, 1.165) is 0 Å². The molecule has 0 aliphatic rings. The number of carbonyl (C=O) groups is 2. The van der Waals surface area contributed by atoms with Crippen LogP contribution in [0.15, 0.2) is 36.7 Å². The molecule has 1 aromatic carbocycles. The molecular weight excluding hydrogens is 218 g/mol. The average Bonchev–Trinajstić information content (AvgIpc) is 2.83. The summed E-state index contributed by atoms with van der Waals surface area (Å²) < 4.78 is 0. The molecule has 0 fully saturated rings. The summed E-state index contributed by atoms with van der Waals surface area (Å²) >= 11 is 0. The molecule has 1 aromatic heterocycles. The van der Waals surface area contributed by atoms with Gasteiger partial charge in [-0.25, -0.2) is 0 Å². The Morgan fingerprint density at radius 3 is 2.41 bits per heavy atom. The van der Waals surface area contributed by atoms with Crippen LogP contribution in [0, 0.1) is 0 Å². The molecule has 17 heavy (non-hydrogen) atoms. The molecule has 5 heteroatoms. The standard InChI is InChI=1S/C12H11N3O2/c1-8(16)9-2-4-11(5-3-9)15-12(17)10-6-13-14-7-10/h2-7H,1H3,(H,13,14)(H,15,17). The van der Waals surface area contributed by atoms with Crippen LogP contribution in [0.3, 0.4) is 0 Å². The van der Waals surface area contributed by atoms with Crippen LogP contribution in [0.4, 0.5) is 5.69 Å². The predicted molar refractivity (Wildman–Crippen MR) is 63.0 cm³/mol. The Labute approximate surface area is 97.9 Å². The van der Waals surface area contributed by atoms with Crippen LogP contribution in [0.5, 0.6) is 0 Å². The minimum absolute atomic E-state index is 0.00212. The van der Waals surface area contributed by atoms with E-state index in [4.69, 9.17) is 0 Å². The molecular formula is C12H11N3O2. The highest BCUT2D eigenvalue weighted by atomic mass is 16.1. The first-order valence-corrected chi connectivity index (χ1v) is 5.08. The van der Waals surface area contributed by atoms with Gasteiger partial charge in [-0.2, -0.15) is 5.10 Å². The van der Waals surface area contributed by atoms with Crippen molar-refractivity contribution in [2.45, 2.75) is 6.92 Å². The summed E-state index contributed by atoms with van der Waals surface area (Å²) in [6, 6.07) is 6.73. The van der Waals surface area contributed by atoms with Gasteiger partial charge < -0.3 is 5.32 Å². The molecule has 0 spiro atoms. The van der Waals surface area contributed by atoms with E-state index >= 15 is 0 Å². The Balaban J connectivity index is 2.09. The summed E-state index contributed by atoms with van der Waals surface area (Å²) in [4.78, 5) is 22.7. The highest BCUT2D eigenvalue weighted by molar-refractivity contribution is 6.04. The predicted octanol–water partition coefficient (Wildman–Crippen LogP) is 1.86. The molecule has 0 aliphatic heterocycles. The van der Waals surface area contributed by atoms with Gasteiger partial charge in [0, 0.05) is 17.4 Å². The summed E-state index contributed by atoms with van der Waals surface area (Å²) in [5.74, 6) is -0.243. The number of ketones is 1. The molecule has 0 aliphatic carbocycles. The van der Waals surface area contributed by atoms with Gasteiger partial charge in [-0.1, -0.05) is 0 Å². The third-order valence-corrected chi connectivity index (χ3v) is 2.31. The number of Topliss-reactive ketones (excluding diaryl/α,β-unsaturated/α-hetero) is 1. The number of rotatable bonds is 3. The first kappa shape index (κ1) is 11.1. The normalized spacial score (nSPS) is 9.94. The number of carbonyl (C=O) groups excluding carboxylic acids is 2. The molecule has 2 N–H and O–H groups in total. The van der Waals surface area contributed by atoms with Crippen LogP contribution in [-0.4, -0.2) is 21.9 Å². The quantitative estimate of drug-likeness (QED) is 0.789. The lowest BCUT2D eigenvalue weighted by Gasteiger charge is -2.03. The number of hydrogen-bond donors (Lipinski definition) is 2. The zero-order chi connectivity index (χ0) is 12.3. The number of amides is 1. The Bertz CT molecular complexity index is 529. The van der Waals surface area contributed by atoms with Crippen molar-refractivity contribution >= 4 is 17.4 Å². The molecule has 0 saturated heterocycles. The smallest absolute Gasteiger partial charge is 0.258 e. The first-order valence-electron chi connectivity index (χ1n) is 5.08. The minimum atomic E-state index is -0.241. The molecule has 0 radical (unpaired) electrons. The van der Waals surface area contributed by atoms with Crippen molar-refractivity contribution in [3.05, 3.63) is 47.8 Å². The molecule has 0 bridgehead atoms. The number of benzene rings is 1.